The Morgan fingerprint density at radius 2 is 1.38 bits per heavy atom. The number of aliphatic carboxylic acids is 2. The number of hydrogen-bond acceptors (Lipinski definition) is 13. The molecule has 7 amide bonds. The Labute approximate surface area is 424 Å². The van der Waals surface area contributed by atoms with Crippen molar-refractivity contribution in [3.63, 3.8) is 0 Å². The molecule has 1 aromatic rings. The molecular weight excluding hydrogens is 953 g/mol. The van der Waals surface area contributed by atoms with Gasteiger partial charge in [0.15, 0.2) is 5.96 Å². The van der Waals surface area contributed by atoms with Gasteiger partial charge in [0.05, 0.1) is 24.5 Å². The Morgan fingerprint density at radius 3 is 1.96 bits per heavy atom. The third-order valence-corrected chi connectivity index (χ3v) is 11.6. The Balaban J connectivity index is 2.72. The first-order valence-electron chi connectivity index (χ1n) is 24.1. The van der Waals surface area contributed by atoms with Gasteiger partial charge in [-0.15, -0.1) is 0 Å². The summed E-state index contributed by atoms with van der Waals surface area (Å²) in [5, 5.41) is 47.7. The van der Waals surface area contributed by atoms with Gasteiger partial charge in [0, 0.05) is 32.2 Å². The fraction of sp³-hybridized carbons (Fsp3) is 0.571. The van der Waals surface area contributed by atoms with E-state index in [9.17, 15) is 63.3 Å². The molecule has 11 atom stereocenters. The number of hydrogen-bond donors (Lipinski definition) is 12. The van der Waals surface area contributed by atoms with Crippen molar-refractivity contribution in [1.29, 1.82) is 0 Å². The van der Waals surface area contributed by atoms with Crippen LogP contribution in [0, 0.1) is 17.8 Å². The standard InChI is InChI=1S/C49H74N10O14/c1-25(2)21-36-45(67)58-37(48(71)72)24-40(63)54-34(15-12-20-52-49(50)51)44(66)55-33(17-16-26(3)22-27(4)38(73-31(8)61)23-32-13-10-9-11-14-32)28(5)42(64)56-35(47(69)70)18-19-39(62)59-41(30(7)60)46(68)53-29(6)43(65)57-36/h9-11,13-14,16-17,22,25,27-30,33-38,41,60H,12,15,18-21,23-24H2,1-8H3,(H,53,68)(H,54,63)(H,55,66)(H,56,64)(H,57,65)(H,58,67)(H,59,62)(H,69,70)(H,71,72)(H4,50,51,52)/b17-16+,26-22+/t27-,28-,29+,30?,33-,34-,35+,36-,37+,38-,41-/m0/s1. The summed E-state index contributed by atoms with van der Waals surface area (Å²) in [5.41, 5.74) is 12.5. The topological polar surface area (TPSA) is 389 Å². The minimum absolute atomic E-state index is 0.00173. The summed E-state index contributed by atoms with van der Waals surface area (Å²) in [4.78, 5) is 136. The fourth-order valence-electron chi connectivity index (χ4n) is 7.53. The van der Waals surface area contributed by atoms with Crippen LogP contribution in [0.1, 0.15) is 99.5 Å². The molecule has 1 fully saturated rings. The lowest BCUT2D eigenvalue weighted by atomic mass is 9.94. The Bertz CT molecular complexity index is 2200. The van der Waals surface area contributed by atoms with Crippen LogP contribution in [0.3, 0.4) is 0 Å². The molecule has 24 heteroatoms. The maximum atomic E-state index is 14.3. The first kappa shape index (κ1) is 61.7. The number of carbonyl (C=O) groups excluding carboxylic acids is 8. The number of ether oxygens (including phenoxy) is 1. The summed E-state index contributed by atoms with van der Waals surface area (Å²) >= 11 is 0. The van der Waals surface area contributed by atoms with Crippen molar-refractivity contribution < 1.29 is 68.0 Å². The summed E-state index contributed by atoms with van der Waals surface area (Å²) in [5.74, 6) is -12.4. The minimum atomic E-state index is -1.89. The average molecular weight is 1030 g/mol. The van der Waals surface area contributed by atoms with E-state index in [1.807, 2.05) is 43.3 Å². The monoisotopic (exact) mass is 1030 g/mol. The van der Waals surface area contributed by atoms with Crippen LogP contribution in [0.25, 0.3) is 0 Å². The molecule has 1 aliphatic rings. The second kappa shape index (κ2) is 30.5. The number of carbonyl (C=O) groups is 10. The number of guanidine groups is 1. The van der Waals surface area contributed by atoms with Crippen molar-refractivity contribution >= 4 is 65.2 Å². The second-order valence-corrected chi connectivity index (χ2v) is 18.6. The summed E-state index contributed by atoms with van der Waals surface area (Å²) < 4.78 is 5.66. The number of nitrogens with zero attached hydrogens (tertiary/aromatic N) is 1. The molecule has 1 unspecified atom stereocenters. The van der Waals surface area contributed by atoms with E-state index in [-0.39, 0.29) is 43.6 Å². The van der Waals surface area contributed by atoms with E-state index in [4.69, 9.17) is 16.2 Å². The van der Waals surface area contributed by atoms with Gasteiger partial charge >= 0.3 is 17.9 Å². The number of nitrogens with one attached hydrogen (secondary N) is 7. The van der Waals surface area contributed by atoms with Gasteiger partial charge in [-0.05, 0) is 57.9 Å². The highest BCUT2D eigenvalue weighted by molar-refractivity contribution is 5.96. The Kier molecular flexibility index (Phi) is 25.8. The van der Waals surface area contributed by atoms with E-state index in [1.54, 1.807) is 26.8 Å². The van der Waals surface area contributed by atoms with Gasteiger partial charge in [-0.1, -0.05) is 81.8 Å². The predicted molar refractivity (Wildman–Crippen MR) is 266 cm³/mol. The number of carboxylic acids is 2. The highest BCUT2D eigenvalue weighted by atomic mass is 16.5. The maximum Gasteiger partial charge on any atom is 0.326 e. The van der Waals surface area contributed by atoms with Crippen LogP contribution in [0.2, 0.25) is 0 Å². The number of esters is 1. The first-order valence-corrected chi connectivity index (χ1v) is 24.1. The van der Waals surface area contributed by atoms with Crippen molar-refractivity contribution in [3.8, 4) is 0 Å². The molecule has 24 nitrogen and oxygen atoms in total. The van der Waals surface area contributed by atoms with Gasteiger partial charge < -0.3 is 68.7 Å². The van der Waals surface area contributed by atoms with Gasteiger partial charge in [-0.25, -0.2) is 9.59 Å². The molecule has 404 valence electrons. The average Bonchev–Trinajstić information content (AvgIpc) is 3.29. The molecule has 73 heavy (non-hydrogen) atoms. The zero-order valence-corrected chi connectivity index (χ0v) is 42.6. The molecule has 1 heterocycles. The number of aliphatic imine (C=N–C) groups is 1. The Hall–Kier alpha value is -7.37. The molecular formula is C49H74N10O14. The van der Waals surface area contributed by atoms with E-state index >= 15 is 0 Å². The van der Waals surface area contributed by atoms with Gasteiger partial charge in [0.1, 0.15) is 42.4 Å². The van der Waals surface area contributed by atoms with Gasteiger partial charge in [0.2, 0.25) is 41.4 Å². The molecule has 2 rings (SSSR count). The zero-order chi connectivity index (χ0) is 55.1. The third-order valence-electron chi connectivity index (χ3n) is 11.6. The lowest BCUT2D eigenvalue weighted by molar-refractivity contribution is -0.148. The number of allylic oxidation sites excluding steroid dienone is 2. The first-order chi connectivity index (χ1) is 34.2. The van der Waals surface area contributed by atoms with Crippen molar-refractivity contribution in [2.75, 3.05) is 6.54 Å². The number of aliphatic hydroxyl groups excluding tert-OH is 1. The molecule has 1 aliphatic heterocycles. The largest absolute Gasteiger partial charge is 0.480 e. The molecule has 1 saturated heterocycles. The van der Waals surface area contributed by atoms with Crippen molar-refractivity contribution in [2.45, 2.75) is 155 Å². The van der Waals surface area contributed by atoms with Crippen molar-refractivity contribution in [1.82, 2.24) is 37.2 Å². The van der Waals surface area contributed by atoms with E-state index in [0.717, 1.165) is 5.56 Å². The van der Waals surface area contributed by atoms with E-state index in [1.165, 1.54) is 33.8 Å². The van der Waals surface area contributed by atoms with Crippen LogP contribution >= 0.6 is 0 Å². The van der Waals surface area contributed by atoms with E-state index in [2.05, 4.69) is 42.2 Å². The van der Waals surface area contributed by atoms with Gasteiger partial charge in [-0.2, -0.15) is 0 Å². The molecule has 14 N–H and O–H groups in total. The number of benzene rings is 1. The second-order valence-electron chi connectivity index (χ2n) is 18.6. The number of nitrogens with two attached hydrogens (primary N) is 2. The van der Waals surface area contributed by atoms with Gasteiger partial charge in [-0.3, -0.25) is 43.3 Å². The lowest BCUT2D eigenvalue weighted by Gasteiger charge is -2.27. The molecule has 0 bridgehead atoms. The van der Waals surface area contributed by atoms with E-state index in [0.29, 0.717) is 12.0 Å². The van der Waals surface area contributed by atoms with Crippen LogP contribution in [0.4, 0.5) is 0 Å². The highest BCUT2D eigenvalue weighted by Gasteiger charge is 2.35. The van der Waals surface area contributed by atoms with Crippen LogP contribution < -0.4 is 48.7 Å². The smallest absolute Gasteiger partial charge is 0.326 e. The summed E-state index contributed by atoms with van der Waals surface area (Å²) in [6.45, 7) is 12.1. The molecule has 0 aliphatic carbocycles. The van der Waals surface area contributed by atoms with Crippen molar-refractivity contribution in [2.24, 2.45) is 34.2 Å². The molecule has 0 aromatic heterocycles. The zero-order valence-electron chi connectivity index (χ0n) is 42.6. The Morgan fingerprint density at radius 1 is 0.767 bits per heavy atom. The summed E-state index contributed by atoms with van der Waals surface area (Å²) in [6.07, 6.45) is 1.05. The minimum Gasteiger partial charge on any atom is -0.480 e. The predicted octanol–water partition coefficient (Wildman–Crippen LogP) is -0.817. The van der Waals surface area contributed by atoms with Crippen LogP contribution in [0.15, 0.2) is 59.1 Å². The summed E-state index contributed by atoms with van der Waals surface area (Å²) in [6, 6.07) is -1.36. The van der Waals surface area contributed by atoms with Crippen LogP contribution in [-0.4, -0.2) is 142 Å². The van der Waals surface area contributed by atoms with Crippen LogP contribution in [0.5, 0.6) is 0 Å². The quantitative estimate of drug-likeness (QED) is 0.0317. The molecule has 0 radical (unpaired) electrons. The molecule has 0 saturated carbocycles. The van der Waals surface area contributed by atoms with Crippen LogP contribution in [-0.2, 0) is 59.1 Å². The fourth-order valence-corrected chi connectivity index (χ4v) is 7.53. The molecule has 1 aromatic carbocycles. The molecule has 0 spiro atoms. The maximum absolute atomic E-state index is 14.3. The van der Waals surface area contributed by atoms with Crippen molar-refractivity contribution in [3.05, 3.63) is 59.7 Å². The number of rotatable bonds is 16. The normalized spacial score (nSPS) is 25.1. The lowest BCUT2D eigenvalue weighted by Crippen LogP contribution is -2.59. The highest BCUT2D eigenvalue weighted by Crippen LogP contribution is 2.19. The summed E-state index contributed by atoms with van der Waals surface area (Å²) in [7, 11) is 0. The van der Waals surface area contributed by atoms with E-state index < -0.39 is 139 Å². The third kappa shape index (κ3) is 22.7. The number of carboxylic acid groups (broad SMARTS) is 2. The van der Waals surface area contributed by atoms with Gasteiger partial charge in [0.25, 0.3) is 0 Å². The number of aliphatic hydroxyl groups is 1. The number of amides is 7. The SMILES string of the molecule is CC(=O)O[C@@H](Cc1ccccc1)[C@@H](C)/C=C(C)/C=C/[C@@H]1NC(=O)[C@H](CCCN=C(N)N)NC(=O)C[C@H](C(=O)O)NC(=O)[C@H](CC(C)C)NC(=O)[C@@H](C)NC(=O)[C@H](C(C)O)NC(=O)CC[C@H](C(=O)O)NC(=O)[C@H]1C.